The van der Waals surface area contributed by atoms with Gasteiger partial charge < -0.3 is 15.5 Å². The summed E-state index contributed by atoms with van der Waals surface area (Å²) in [5, 5.41) is 4.11. The zero-order valence-electron chi connectivity index (χ0n) is 10.9. The molecule has 4 nitrogen and oxygen atoms in total. The van der Waals surface area contributed by atoms with Crippen LogP contribution >= 0.6 is 22.9 Å². The molecule has 106 valence electrons. The molecule has 0 fully saturated rings. The molecule has 0 spiro atoms. The molecule has 0 amide bonds. The van der Waals surface area contributed by atoms with E-state index in [0.29, 0.717) is 23.4 Å². The second-order valence-electron chi connectivity index (χ2n) is 4.64. The highest BCUT2D eigenvalue weighted by atomic mass is 32.1. The number of nitrogens with two attached hydrogens (primary N) is 1. The van der Waals surface area contributed by atoms with Crippen molar-refractivity contribution in [2.75, 3.05) is 5.32 Å². The summed E-state index contributed by atoms with van der Waals surface area (Å²) < 4.78 is 24.5. The molecular weight excluding hydrogens is 297 g/mol. The first-order chi connectivity index (χ1) is 9.65. The molecule has 0 aliphatic rings. The lowest BCUT2D eigenvalue weighted by atomic mass is 10.2. The van der Waals surface area contributed by atoms with E-state index < -0.39 is 0 Å². The van der Waals surface area contributed by atoms with Gasteiger partial charge in [-0.1, -0.05) is 0 Å². The molecule has 0 aliphatic heterocycles. The van der Waals surface area contributed by atoms with Gasteiger partial charge in [-0.2, -0.15) is 4.37 Å². The molecule has 0 aromatic carbocycles. The van der Waals surface area contributed by atoms with Crippen LogP contribution < -0.4 is 11.1 Å². The van der Waals surface area contributed by atoms with Gasteiger partial charge in [-0.3, -0.25) is 0 Å². The van der Waals surface area contributed by atoms with Crippen LogP contribution in [0.3, 0.4) is 0 Å². The minimum atomic E-state index is -0.232. The molecule has 0 aliphatic carbocycles. The lowest BCUT2D eigenvalue weighted by molar-refractivity contribution is 0.518. The maximum atomic E-state index is 14.2. The Morgan fingerprint density at radius 2 is 2.40 bits per heavy atom. The van der Waals surface area contributed by atoms with Gasteiger partial charge in [0.05, 0.1) is 17.5 Å². The van der Waals surface area contributed by atoms with Crippen LogP contribution in [0.25, 0.3) is 10.2 Å². The summed E-state index contributed by atoms with van der Waals surface area (Å²) in [5.74, 6) is 0.601. The van der Waals surface area contributed by atoms with Gasteiger partial charge in [-0.05, 0) is 37.0 Å². The zero-order valence-corrected chi connectivity index (χ0v) is 12.5. The number of hydrogen-bond acceptors (Lipinski definition) is 6. The van der Waals surface area contributed by atoms with E-state index in [4.69, 9.17) is 10.2 Å². The van der Waals surface area contributed by atoms with Crippen molar-refractivity contribution in [2.45, 2.75) is 25.9 Å². The molecule has 1 atom stereocenters. The first-order valence-corrected chi connectivity index (χ1v) is 7.82. The quantitative estimate of drug-likeness (QED) is 0.756. The standard InChI is InChI=1S/C13H14FN3OS2/c1-7(15)5-9-10(14)11-12(19-9)13(20-17-11)16-6-8-3-2-4-18-8/h2-4,7,16H,5-6,15H2,1H3/t7-/m0/s1. The van der Waals surface area contributed by atoms with Crippen molar-refractivity contribution in [2.24, 2.45) is 5.73 Å². The number of anilines is 1. The van der Waals surface area contributed by atoms with Crippen LogP contribution in [0.1, 0.15) is 17.6 Å². The first-order valence-electron chi connectivity index (χ1n) is 6.23. The largest absolute Gasteiger partial charge is 0.467 e. The number of nitrogens with one attached hydrogen (secondary N) is 1. The molecule has 3 N–H and O–H groups in total. The van der Waals surface area contributed by atoms with Crippen LogP contribution in [0.5, 0.6) is 0 Å². The maximum Gasteiger partial charge on any atom is 0.164 e. The van der Waals surface area contributed by atoms with E-state index in [1.807, 2.05) is 19.1 Å². The van der Waals surface area contributed by atoms with E-state index in [1.165, 1.54) is 22.9 Å². The highest BCUT2D eigenvalue weighted by Crippen LogP contribution is 2.38. The Morgan fingerprint density at radius 3 is 3.10 bits per heavy atom. The second-order valence-corrected chi connectivity index (χ2v) is 6.52. The van der Waals surface area contributed by atoms with Gasteiger partial charge >= 0.3 is 0 Å². The molecule has 0 saturated heterocycles. The molecule has 3 aromatic heterocycles. The van der Waals surface area contributed by atoms with Crippen LogP contribution in [-0.4, -0.2) is 10.4 Å². The fourth-order valence-electron chi connectivity index (χ4n) is 1.93. The summed E-state index contributed by atoms with van der Waals surface area (Å²) in [7, 11) is 0. The van der Waals surface area contributed by atoms with E-state index in [1.54, 1.807) is 6.26 Å². The van der Waals surface area contributed by atoms with Gasteiger partial charge in [0.1, 0.15) is 16.3 Å². The van der Waals surface area contributed by atoms with Crippen molar-refractivity contribution in [3.63, 3.8) is 0 Å². The SMILES string of the molecule is C[C@H](N)Cc1sc2c(NCc3ccco3)snc2c1F. The van der Waals surface area contributed by atoms with Crippen molar-refractivity contribution in [1.82, 2.24) is 4.37 Å². The molecule has 0 radical (unpaired) electrons. The number of furan rings is 1. The fraction of sp³-hybridized carbons (Fsp3) is 0.308. The number of rotatable bonds is 5. The number of hydrogen-bond donors (Lipinski definition) is 2. The molecule has 0 bridgehead atoms. The molecule has 20 heavy (non-hydrogen) atoms. The molecule has 3 rings (SSSR count). The summed E-state index contributed by atoms with van der Waals surface area (Å²) >= 11 is 2.69. The van der Waals surface area contributed by atoms with Crippen molar-refractivity contribution in [1.29, 1.82) is 0 Å². The minimum Gasteiger partial charge on any atom is -0.467 e. The number of thiophene rings is 1. The maximum absolute atomic E-state index is 14.2. The van der Waals surface area contributed by atoms with Crippen molar-refractivity contribution in [3.8, 4) is 0 Å². The molecule has 3 heterocycles. The van der Waals surface area contributed by atoms with Gasteiger partial charge in [-0.25, -0.2) is 4.39 Å². The predicted octanol–water partition coefficient (Wildman–Crippen LogP) is 3.59. The third kappa shape index (κ3) is 2.56. The van der Waals surface area contributed by atoms with Gasteiger partial charge in [0, 0.05) is 10.9 Å². The Kier molecular flexibility index (Phi) is 3.73. The predicted molar refractivity (Wildman–Crippen MR) is 80.8 cm³/mol. The van der Waals surface area contributed by atoms with Crippen LogP contribution in [-0.2, 0) is 13.0 Å². The van der Waals surface area contributed by atoms with Gasteiger partial charge in [-0.15, -0.1) is 11.3 Å². The lowest BCUT2D eigenvalue weighted by Crippen LogP contribution is -2.17. The van der Waals surface area contributed by atoms with Crippen LogP contribution in [0.15, 0.2) is 22.8 Å². The third-order valence-electron chi connectivity index (χ3n) is 2.84. The van der Waals surface area contributed by atoms with Crippen molar-refractivity contribution in [3.05, 3.63) is 34.9 Å². The summed E-state index contributed by atoms with van der Waals surface area (Å²) in [5.41, 5.74) is 6.18. The monoisotopic (exact) mass is 311 g/mol. The van der Waals surface area contributed by atoms with E-state index in [2.05, 4.69) is 9.69 Å². The van der Waals surface area contributed by atoms with E-state index >= 15 is 0 Å². The van der Waals surface area contributed by atoms with E-state index in [0.717, 1.165) is 15.5 Å². The Morgan fingerprint density at radius 1 is 1.55 bits per heavy atom. The first kappa shape index (κ1) is 13.5. The molecule has 0 saturated carbocycles. The Bertz CT molecular complexity index is 703. The van der Waals surface area contributed by atoms with E-state index in [-0.39, 0.29) is 11.9 Å². The summed E-state index contributed by atoms with van der Waals surface area (Å²) in [6, 6.07) is 3.67. The highest BCUT2D eigenvalue weighted by Gasteiger charge is 2.19. The fourth-order valence-corrected chi connectivity index (χ4v) is 4.07. The van der Waals surface area contributed by atoms with E-state index in [9.17, 15) is 4.39 Å². The normalized spacial score (nSPS) is 12.9. The zero-order chi connectivity index (χ0) is 14.1. The third-order valence-corrected chi connectivity index (χ3v) is 4.97. The van der Waals surface area contributed by atoms with Crippen molar-refractivity contribution >= 4 is 38.1 Å². The Balaban J connectivity index is 1.84. The van der Waals surface area contributed by atoms with Crippen molar-refractivity contribution < 1.29 is 8.81 Å². The number of halogens is 1. The van der Waals surface area contributed by atoms with Gasteiger partial charge in [0.15, 0.2) is 5.82 Å². The minimum absolute atomic E-state index is 0.0598. The average Bonchev–Trinajstić information content (AvgIpc) is 3.08. The average molecular weight is 311 g/mol. The smallest absolute Gasteiger partial charge is 0.164 e. The lowest BCUT2D eigenvalue weighted by Gasteiger charge is -2.01. The molecular formula is C13H14FN3OS2. The van der Waals surface area contributed by atoms with Gasteiger partial charge in [0.25, 0.3) is 0 Å². The Labute approximate surface area is 123 Å². The number of aromatic nitrogens is 1. The number of nitrogens with zero attached hydrogens (tertiary/aromatic N) is 1. The molecule has 3 aromatic rings. The second kappa shape index (κ2) is 5.51. The highest BCUT2D eigenvalue weighted by molar-refractivity contribution is 7.24. The number of fused-ring (bicyclic) bond motifs is 1. The molecule has 7 heteroatoms. The van der Waals surface area contributed by atoms with Crippen LogP contribution in [0.4, 0.5) is 9.39 Å². The van der Waals surface area contributed by atoms with Gasteiger partial charge in [0.2, 0.25) is 0 Å². The summed E-state index contributed by atoms with van der Waals surface area (Å²) in [6.45, 7) is 2.43. The van der Waals surface area contributed by atoms with Crippen LogP contribution in [0, 0.1) is 5.82 Å². The topological polar surface area (TPSA) is 64.1 Å². The summed E-state index contributed by atoms with van der Waals surface area (Å²) in [4.78, 5) is 0.673. The van der Waals surface area contributed by atoms with Crippen LogP contribution in [0.2, 0.25) is 0 Å². The Hall–Kier alpha value is -1.44. The summed E-state index contributed by atoms with van der Waals surface area (Å²) in [6.07, 6.45) is 2.17. The molecule has 0 unspecified atom stereocenters.